The van der Waals surface area contributed by atoms with Gasteiger partial charge in [-0.05, 0) is 168 Å². The molecule has 0 amide bonds. The molecule has 0 saturated heterocycles. The van der Waals surface area contributed by atoms with Crippen molar-refractivity contribution in [3.05, 3.63) is 194 Å². The van der Waals surface area contributed by atoms with E-state index in [1.54, 1.807) is 0 Å². The molecule has 0 atom stereocenters. The van der Waals surface area contributed by atoms with Crippen molar-refractivity contribution in [3.63, 3.8) is 0 Å². The highest BCUT2D eigenvalue weighted by atomic mass is 14.2. The summed E-state index contributed by atoms with van der Waals surface area (Å²) in [7, 11) is 0. The Bertz CT molecular complexity index is 3310. The fraction of sp³-hybridized carbons (Fsp3) is 0. The van der Waals surface area contributed by atoms with Crippen LogP contribution in [0.2, 0.25) is 0 Å². The summed E-state index contributed by atoms with van der Waals surface area (Å²) in [5.74, 6) is 0. The monoisotopic (exact) mass is 680 g/mol. The predicted octanol–water partition coefficient (Wildman–Crippen LogP) is 15.4. The Morgan fingerprint density at radius 1 is 0.148 bits per heavy atom. The molecule has 12 aromatic rings. The van der Waals surface area contributed by atoms with Crippen LogP contribution in [0.5, 0.6) is 0 Å². The Kier molecular flexibility index (Phi) is 6.15. The molecule has 0 fully saturated rings. The maximum Gasteiger partial charge on any atom is -0.00987 e. The molecule has 0 N–H and O–H groups in total. The van der Waals surface area contributed by atoms with E-state index in [1.165, 1.54) is 119 Å². The molecule has 0 radical (unpaired) electrons. The summed E-state index contributed by atoms with van der Waals surface area (Å²) >= 11 is 0. The number of hydrogen-bond acceptors (Lipinski definition) is 0. The zero-order valence-electron chi connectivity index (χ0n) is 29.5. The molecule has 0 aromatic heterocycles. The molecular weight excluding hydrogens is 649 g/mol. The van der Waals surface area contributed by atoms with Gasteiger partial charge in [0.15, 0.2) is 0 Å². The normalized spacial score (nSPS) is 12.1. The second-order valence-corrected chi connectivity index (χ2v) is 14.9. The van der Waals surface area contributed by atoms with Crippen LogP contribution in [-0.4, -0.2) is 0 Å². The lowest BCUT2D eigenvalue weighted by molar-refractivity contribution is 1.69. The van der Waals surface area contributed by atoms with E-state index in [9.17, 15) is 0 Å². The summed E-state index contributed by atoms with van der Waals surface area (Å²) < 4.78 is 0. The zero-order chi connectivity index (χ0) is 35.3. The van der Waals surface area contributed by atoms with E-state index in [0.29, 0.717) is 0 Å². The molecule has 0 unspecified atom stereocenters. The molecule has 0 aliphatic heterocycles. The number of hydrogen-bond donors (Lipinski definition) is 0. The van der Waals surface area contributed by atoms with E-state index < -0.39 is 0 Å². The predicted molar refractivity (Wildman–Crippen MR) is 235 cm³/mol. The average molecular weight is 681 g/mol. The van der Waals surface area contributed by atoms with Gasteiger partial charge in [-0.2, -0.15) is 0 Å². The summed E-state index contributed by atoms with van der Waals surface area (Å²) in [6, 6.07) is 72.6. The van der Waals surface area contributed by atoms with Gasteiger partial charge in [0.05, 0.1) is 0 Å². The largest absolute Gasteiger partial charge is 0.0616 e. The Morgan fingerprint density at radius 2 is 0.389 bits per heavy atom. The Morgan fingerprint density at radius 3 is 0.778 bits per heavy atom. The highest BCUT2D eigenvalue weighted by Gasteiger charge is 2.12. The summed E-state index contributed by atoms with van der Waals surface area (Å²) in [6.45, 7) is 0. The number of rotatable bonds is 2. The summed E-state index contributed by atoms with van der Waals surface area (Å²) in [4.78, 5) is 0. The third-order valence-corrected chi connectivity index (χ3v) is 11.9. The molecule has 0 bridgehead atoms. The molecule has 0 heteroatoms. The van der Waals surface area contributed by atoms with Crippen molar-refractivity contribution < 1.29 is 0 Å². The average Bonchev–Trinajstić information content (AvgIpc) is 3.23. The molecule has 248 valence electrons. The van der Waals surface area contributed by atoms with Crippen LogP contribution in [0.3, 0.4) is 0 Å². The highest BCUT2D eigenvalue weighted by molar-refractivity contribution is 6.25. The van der Waals surface area contributed by atoms with Gasteiger partial charge in [0, 0.05) is 0 Å². The van der Waals surface area contributed by atoms with Crippen molar-refractivity contribution >= 4 is 97.0 Å². The maximum atomic E-state index is 2.35. The van der Waals surface area contributed by atoms with Gasteiger partial charge in [-0.25, -0.2) is 0 Å². The number of fused-ring (bicyclic) bond motifs is 13. The third-order valence-electron chi connectivity index (χ3n) is 11.9. The van der Waals surface area contributed by atoms with Gasteiger partial charge in [0.25, 0.3) is 0 Å². The molecular formula is C54H32. The van der Waals surface area contributed by atoms with Crippen LogP contribution < -0.4 is 0 Å². The van der Waals surface area contributed by atoms with Crippen molar-refractivity contribution in [2.45, 2.75) is 0 Å². The van der Waals surface area contributed by atoms with Crippen LogP contribution >= 0.6 is 0 Å². The molecule has 54 heavy (non-hydrogen) atoms. The fourth-order valence-electron chi connectivity index (χ4n) is 9.12. The van der Waals surface area contributed by atoms with Crippen LogP contribution in [0.25, 0.3) is 119 Å². The first-order valence-electron chi connectivity index (χ1n) is 18.8. The third kappa shape index (κ3) is 4.50. The van der Waals surface area contributed by atoms with Gasteiger partial charge in [-0.1, -0.05) is 146 Å². The van der Waals surface area contributed by atoms with E-state index in [-0.39, 0.29) is 0 Å². The van der Waals surface area contributed by atoms with Gasteiger partial charge >= 0.3 is 0 Å². The summed E-state index contributed by atoms with van der Waals surface area (Å²) in [5, 5.41) is 23.1. The second-order valence-electron chi connectivity index (χ2n) is 14.9. The molecule has 12 aromatic carbocycles. The molecule has 0 aliphatic rings. The Labute approximate surface area is 312 Å². The van der Waals surface area contributed by atoms with E-state index >= 15 is 0 Å². The minimum atomic E-state index is 1.24. The van der Waals surface area contributed by atoms with E-state index in [2.05, 4.69) is 194 Å². The van der Waals surface area contributed by atoms with Crippen LogP contribution in [0, 0.1) is 0 Å². The lowest BCUT2D eigenvalue weighted by atomic mass is 9.91. The van der Waals surface area contributed by atoms with Crippen molar-refractivity contribution in [1.82, 2.24) is 0 Å². The van der Waals surface area contributed by atoms with Gasteiger partial charge in [-0.15, -0.1) is 0 Å². The quantitative estimate of drug-likeness (QED) is 0.126. The van der Waals surface area contributed by atoms with Crippen LogP contribution in [0.15, 0.2) is 194 Å². The summed E-state index contributed by atoms with van der Waals surface area (Å²) in [6.07, 6.45) is 0. The van der Waals surface area contributed by atoms with Crippen molar-refractivity contribution in [1.29, 1.82) is 0 Å². The topological polar surface area (TPSA) is 0 Å². The fourth-order valence-corrected chi connectivity index (χ4v) is 9.12. The van der Waals surface area contributed by atoms with Gasteiger partial charge in [0.2, 0.25) is 0 Å². The maximum absolute atomic E-state index is 2.35. The smallest absolute Gasteiger partial charge is 0.00987 e. The number of benzene rings is 12. The minimum Gasteiger partial charge on any atom is -0.0616 e. The second kappa shape index (κ2) is 11.2. The first-order chi connectivity index (χ1) is 26.7. The van der Waals surface area contributed by atoms with Gasteiger partial charge in [0.1, 0.15) is 0 Å². The van der Waals surface area contributed by atoms with E-state index in [0.717, 1.165) is 0 Å². The van der Waals surface area contributed by atoms with Gasteiger partial charge < -0.3 is 0 Å². The van der Waals surface area contributed by atoms with E-state index in [4.69, 9.17) is 0 Å². The zero-order valence-corrected chi connectivity index (χ0v) is 29.5. The van der Waals surface area contributed by atoms with Crippen molar-refractivity contribution in [2.24, 2.45) is 0 Å². The Balaban J connectivity index is 0.929. The van der Waals surface area contributed by atoms with Crippen LogP contribution in [0.4, 0.5) is 0 Å². The van der Waals surface area contributed by atoms with Crippen molar-refractivity contribution in [3.8, 4) is 22.3 Å². The summed E-state index contributed by atoms with van der Waals surface area (Å²) in [5.41, 5.74) is 4.98. The standard InChI is InChI=1S/C54H32/c1-3-7-35-29-45-31-37(9-11-41(45)25-33(35)5-1)39-13-17-47-43(27-39)15-19-51-49(47)21-23-54-52-20-16-44-28-40(14-18-48(44)50(52)22-24-53(51)54)38-10-12-42-26-34-6-2-4-8-36(34)30-46(42)32-38/h1-32H. The lowest BCUT2D eigenvalue weighted by Gasteiger charge is -2.13. The molecule has 0 spiro atoms. The minimum absolute atomic E-state index is 1.24. The molecule has 0 heterocycles. The van der Waals surface area contributed by atoms with E-state index in [1.807, 2.05) is 0 Å². The first kappa shape index (κ1) is 29.5. The molecule has 0 saturated carbocycles. The SMILES string of the molecule is c1ccc2cc3cc(-c4ccc5c(ccc6c5ccc5c7ccc8cc(-c9ccc%10cc%11ccccc%11cc%10c9)ccc8c7ccc65)c4)ccc3cc2c1. The Hall–Kier alpha value is -7.02. The molecule has 12 rings (SSSR count). The van der Waals surface area contributed by atoms with Crippen LogP contribution in [0.1, 0.15) is 0 Å². The van der Waals surface area contributed by atoms with Gasteiger partial charge in [-0.3, -0.25) is 0 Å². The molecule has 0 nitrogen and oxygen atoms in total. The highest BCUT2D eigenvalue weighted by Crippen LogP contribution is 2.39. The first-order valence-corrected chi connectivity index (χ1v) is 18.8. The lowest BCUT2D eigenvalue weighted by Crippen LogP contribution is -1.86. The van der Waals surface area contributed by atoms with Crippen molar-refractivity contribution in [2.75, 3.05) is 0 Å². The van der Waals surface area contributed by atoms with Crippen LogP contribution in [-0.2, 0) is 0 Å². The molecule has 0 aliphatic carbocycles.